The van der Waals surface area contributed by atoms with Gasteiger partial charge in [0.15, 0.2) is 5.82 Å². The molecule has 3 aromatic carbocycles. The van der Waals surface area contributed by atoms with Crippen molar-refractivity contribution in [2.75, 3.05) is 28.4 Å². The molecule has 0 spiro atoms. The van der Waals surface area contributed by atoms with Gasteiger partial charge in [0.1, 0.15) is 28.8 Å². The molecule has 0 saturated heterocycles. The van der Waals surface area contributed by atoms with Gasteiger partial charge < -0.3 is 23.5 Å². The molecule has 4 aromatic rings. The van der Waals surface area contributed by atoms with Crippen LogP contribution in [0.25, 0.3) is 11.5 Å². The van der Waals surface area contributed by atoms with Crippen molar-refractivity contribution in [3.8, 4) is 34.5 Å². The standard InChI is InChI=1S/C27H28BrN3O7S/c1-34-22-11-7-19(24(13-22)36-3)15-31(16-20-8-12-23(35-2)14-25(20)37-4)39(32,33)17-26-29-27(38-30-26)18-5-9-21(28)10-6-18/h5-14H,15-17H2,1-4H3. The molecule has 4 rings (SSSR count). The van der Waals surface area contributed by atoms with Crippen LogP contribution >= 0.6 is 15.9 Å². The summed E-state index contributed by atoms with van der Waals surface area (Å²) in [6.07, 6.45) is 0. The fraction of sp³-hybridized carbons (Fsp3) is 0.259. The van der Waals surface area contributed by atoms with Gasteiger partial charge in [-0.1, -0.05) is 33.2 Å². The van der Waals surface area contributed by atoms with Gasteiger partial charge in [-0.15, -0.1) is 0 Å². The average molecular weight is 619 g/mol. The third-order valence-corrected chi connectivity index (χ3v) is 8.14. The van der Waals surface area contributed by atoms with Gasteiger partial charge in [-0.25, -0.2) is 8.42 Å². The van der Waals surface area contributed by atoms with Gasteiger partial charge in [0.25, 0.3) is 5.89 Å². The normalized spacial score (nSPS) is 11.4. The molecule has 0 bridgehead atoms. The number of nitrogens with zero attached hydrogens (tertiary/aromatic N) is 3. The summed E-state index contributed by atoms with van der Waals surface area (Å²) < 4.78 is 56.8. The van der Waals surface area contributed by atoms with Crippen LogP contribution < -0.4 is 18.9 Å². The maximum absolute atomic E-state index is 13.8. The van der Waals surface area contributed by atoms with Crippen LogP contribution in [0.5, 0.6) is 23.0 Å². The molecule has 12 heteroatoms. The van der Waals surface area contributed by atoms with Gasteiger partial charge in [0.05, 0.1) is 28.4 Å². The number of benzene rings is 3. The number of rotatable bonds is 12. The van der Waals surface area contributed by atoms with E-state index in [-0.39, 0.29) is 24.8 Å². The second-order valence-electron chi connectivity index (χ2n) is 8.40. The SMILES string of the molecule is COc1ccc(CN(Cc2ccc(OC)cc2OC)S(=O)(=O)Cc2noc(-c3ccc(Br)cc3)n2)c(OC)c1. The Morgan fingerprint density at radius 2 is 1.33 bits per heavy atom. The lowest BCUT2D eigenvalue weighted by Gasteiger charge is -2.24. The van der Waals surface area contributed by atoms with Crippen LogP contribution in [0, 0.1) is 0 Å². The smallest absolute Gasteiger partial charge is 0.257 e. The van der Waals surface area contributed by atoms with E-state index in [1.165, 1.54) is 18.5 Å². The molecule has 1 aromatic heterocycles. The van der Waals surface area contributed by atoms with Crippen LogP contribution in [-0.4, -0.2) is 51.3 Å². The quantitative estimate of drug-likeness (QED) is 0.215. The lowest BCUT2D eigenvalue weighted by Crippen LogP contribution is -2.32. The molecule has 1 heterocycles. The second kappa shape index (κ2) is 12.5. The van der Waals surface area contributed by atoms with E-state index < -0.39 is 15.8 Å². The molecule has 0 aliphatic heterocycles. The Morgan fingerprint density at radius 1 is 0.795 bits per heavy atom. The Morgan fingerprint density at radius 3 is 1.82 bits per heavy atom. The number of aromatic nitrogens is 2. The third kappa shape index (κ3) is 6.88. The van der Waals surface area contributed by atoms with Crippen molar-refractivity contribution in [2.24, 2.45) is 0 Å². The lowest BCUT2D eigenvalue weighted by molar-refractivity contribution is 0.357. The highest BCUT2D eigenvalue weighted by molar-refractivity contribution is 9.10. The summed E-state index contributed by atoms with van der Waals surface area (Å²) in [7, 11) is 2.18. The second-order valence-corrected chi connectivity index (χ2v) is 11.3. The van der Waals surface area contributed by atoms with Crippen molar-refractivity contribution < 1.29 is 31.9 Å². The highest BCUT2D eigenvalue weighted by Crippen LogP contribution is 2.31. The van der Waals surface area contributed by atoms with E-state index in [1.807, 2.05) is 12.1 Å². The number of hydrogen-bond acceptors (Lipinski definition) is 9. The highest BCUT2D eigenvalue weighted by atomic mass is 79.9. The van der Waals surface area contributed by atoms with Crippen molar-refractivity contribution in [2.45, 2.75) is 18.8 Å². The van der Waals surface area contributed by atoms with E-state index in [0.717, 1.165) is 4.47 Å². The highest BCUT2D eigenvalue weighted by Gasteiger charge is 2.28. The summed E-state index contributed by atoms with van der Waals surface area (Å²) >= 11 is 3.39. The zero-order chi connectivity index (χ0) is 28.0. The minimum absolute atomic E-state index is 0.0160. The summed E-state index contributed by atoms with van der Waals surface area (Å²) in [4.78, 5) is 4.32. The Hall–Kier alpha value is -3.61. The van der Waals surface area contributed by atoms with Crippen molar-refractivity contribution in [3.63, 3.8) is 0 Å². The van der Waals surface area contributed by atoms with Crippen LogP contribution in [0.15, 0.2) is 69.7 Å². The summed E-state index contributed by atoms with van der Waals surface area (Å²) in [6, 6.07) is 17.7. The molecule has 0 aliphatic carbocycles. The molecule has 0 atom stereocenters. The Kier molecular flexibility index (Phi) is 9.10. The van der Waals surface area contributed by atoms with E-state index in [2.05, 4.69) is 26.1 Å². The fourth-order valence-electron chi connectivity index (χ4n) is 3.87. The summed E-state index contributed by atoms with van der Waals surface area (Å²) in [5.41, 5.74) is 1.98. The van der Waals surface area contributed by atoms with E-state index in [9.17, 15) is 8.42 Å². The Bertz CT molecular complexity index is 1470. The minimum atomic E-state index is -3.96. The topological polar surface area (TPSA) is 113 Å². The summed E-state index contributed by atoms with van der Waals surface area (Å²) in [5.74, 6) is 1.98. The Labute approximate surface area is 235 Å². The van der Waals surface area contributed by atoms with E-state index in [0.29, 0.717) is 39.7 Å². The zero-order valence-corrected chi connectivity index (χ0v) is 24.3. The van der Waals surface area contributed by atoms with Gasteiger partial charge in [-0.2, -0.15) is 9.29 Å². The van der Waals surface area contributed by atoms with Crippen molar-refractivity contribution in [1.29, 1.82) is 0 Å². The van der Waals surface area contributed by atoms with Crippen molar-refractivity contribution in [1.82, 2.24) is 14.4 Å². The van der Waals surface area contributed by atoms with Gasteiger partial charge in [0, 0.05) is 46.4 Å². The first-order valence-corrected chi connectivity index (χ1v) is 14.1. The Balaban J connectivity index is 1.67. The first kappa shape index (κ1) is 28.4. The summed E-state index contributed by atoms with van der Waals surface area (Å²) in [5, 5.41) is 3.92. The first-order valence-electron chi connectivity index (χ1n) is 11.7. The number of ether oxygens (including phenoxy) is 4. The predicted molar refractivity (Wildman–Crippen MR) is 148 cm³/mol. The fourth-order valence-corrected chi connectivity index (χ4v) is 5.44. The van der Waals surface area contributed by atoms with Gasteiger partial charge in [-0.3, -0.25) is 0 Å². The summed E-state index contributed by atoms with van der Waals surface area (Å²) in [6.45, 7) is 0.0320. The predicted octanol–water partition coefficient (Wildman–Crippen LogP) is 5.07. The van der Waals surface area contributed by atoms with Gasteiger partial charge in [-0.05, 0) is 36.4 Å². The molecule has 0 aliphatic rings. The van der Waals surface area contributed by atoms with Crippen LogP contribution in [0.3, 0.4) is 0 Å². The molecule has 0 fully saturated rings. The van der Waals surface area contributed by atoms with Crippen LogP contribution in [0.4, 0.5) is 0 Å². The maximum atomic E-state index is 13.8. The third-order valence-electron chi connectivity index (χ3n) is 5.95. The largest absolute Gasteiger partial charge is 0.497 e. The number of sulfonamides is 1. The molecule has 0 radical (unpaired) electrons. The van der Waals surface area contributed by atoms with Crippen LogP contribution in [-0.2, 0) is 28.9 Å². The molecular formula is C27H28BrN3O7S. The van der Waals surface area contributed by atoms with E-state index in [1.54, 1.807) is 62.8 Å². The lowest BCUT2D eigenvalue weighted by atomic mass is 10.1. The van der Waals surface area contributed by atoms with Crippen LogP contribution in [0.1, 0.15) is 17.0 Å². The molecule has 39 heavy (non-hydrogen) atoms. The zero-order valence-electron chi connectivity index (χ0n) is 21.9. The van der Waals surface area contributed by atoms with E-state index in [4.69, 9.17) is 23.5 Å². The molecule has 0 amide bonds. The first-order chi connectivity index (χ1) is 18.8. The molecule has 206 valence electrons. The minimum Gasteiger partial charge on any atom is -0.497 e. The number of halogens is 1. The maximum Gasteiger partial charge on any atom is 0.257 e. The van der Waals surface area contributed by atoms with Crippen molar-refractivity contribution in [3.05, 3.63) is 82.1 Å². The molecule has 0 unspecified atom stereocenters. The molecule has 0 N–H and O–H groups in total. The molecule has 0 saturated carbocycles. The van der Waals surface area contributed by atoms with Crippen molar-refractivity contribution >= 4 is 26.0 Å². The number of methoxy groups -OCH3 is 4. The average Bonchev–Trinajstić information content (AvgIpc) is 3.40. The van der Waals surface area contributed by atoms with E-state index >= 15 is 0 Å². The monoisotopic (exact) mass is 617 g/mol. The molecule has 10 nitrogen and oxygen atoms in total. The number of hydrogen-bond donors (Lipinski definition) is 0. The van der Waals surface area contributed by atoms with Gasteiger partial charge >= 0.3 is 0 Å². The van der Waals surface area contributed by atoms with Crippen LogP contribution in [0.2, 0.25) is 0 Å². The van der Waals surface area contributed by atoms with Gasteiger partial charge in [0.2, 0.25) is 10.0 Å². The molecular weight excluding hydrogens is 590 g/mol.